The van der Waals surface area contributed by atoms with E-state index < -0.39 is 0 Å². The van der Waals surface area contributed by atoms with E-state index in [1.165, 1.54) is 44.9 Å². The molecule has 6 rings (SSSR count). The van der Waals surface area contributed by atoms with Crippen LogP contribution in [0, 0.1) is 12.8 Å². The van der Waals surface area contributed by atoms with Crippen LogP contribution < -0.4 is 10.2 Å². The van der Waals surface area contributed by atoms with Gasteiger partial charge in [0.25, 0.3) is 0 Å². The summed E-state index contributed by atoms with van der Waals surface area (Å²) in [5.41, 5.74) is 6.28. The number of benzene rings is 2. The zero-order chi connectivity index (χ0) is 28.7. The van der Waals surface area contributed by atoms with Gasteiger partial charge < -0.3 is 10.3 Å². The minimum atomic E-state index is -0.0181. The Morgan fingerprint density at radius 2 is 1.57 bits per heavy atom. The fourth-order valence-corrected chi connectivity index (χ4v) is 6.97. The molecule has 0 bridgehead atoms. The fraction of sp³-hybridized carbons (Fsp3) is 0.514. The molecule has 0 atom stereocenters. The van der Waals surface area contributed by atoms with Crippen molar-refractivity contribution in [3.05, 3.63) is 71.8 Å². The molecule has 222 valence electrons. The highest BCUT2D eigenvalue weighted by atomic mass is 16.2. The summed E-state index contributed by atoms with van der Waals surface area (Å²) in [7, 11) is 0. The Kier molecular flexibility index (Phi) is 9.21. The van der Waals surface area contributed by atoms with Crippen LogP contribution in [0.1, 0.15) is 100 Å². The van der Waals surface area contributed by atoms with E-state index in [2.05, 4.69) is 64.7 Å². The van der Waals surface area contributed by atoms with E-state index in [-0.39, 0.29) is 12.1 Å². The average Bonchev–Trinajstić information content (AvgIpc) is 3.54. The Balaban J connectivity index is 1.35. The summed E-state index contributed by atoms with van der Waals surface area (Å²) in [6, 6.07) is 15.0. The molecule has 42 heavy (non-hydrogen) atoms. The molecule has 7 heteroatoms. The first kappa shape index (κ1) is 28.5. The molecule has 0 saturated heterocycles. The number of hydrogen-bond acceptors (Lipinski definition) is 4. The number of carbonyl (C=O) groups is 1. The lowest BCUT2D eigenvalue weighted by Crippen LogP contribution is -2.43. The number of hydrazone groups is 1. The van der Waals surface area contributed by atoms with Gasteiger partial charge in [0.2, 0.25) is 0 Å². The van der Waals surface area contributed by atoms with Gasteiger partial charge in [-0.05, 0) is 68.5 Å². The lowest BCUT2D eigenvalue weighted by molar-refractivity contribution is 0.176. The normalized spacial score (nSPS) is 19.4. The van der Waals surface area contributed by atoms with Crippen LogP contribution in [0.4, 0.5) is 21.9 Å². The standard InChI is InChI=1S/C35H46N6O/c1-26-15-20-31-32(25-26)40(29-18-16-28(17-19-29)36-22-21-33-37-23-24-38-33)35(42)41(30-13-9-4-2-3-5-10-14-30)39-34(31)27-11-7-6-8-12-27/h15-20,23-25,27,30,36H,2-14,21-22H2,1H3,(H,37,38). The number of aromatic amines is 1. The number of carbonyl (C=O) groups excluding carboxylic acids is 1. The van der Waals surface area contributed by atoms with E-state index in [0.717, 1.165) is 91.2 Å². The van der Waals surface area contributed by atoms with Crippen molar-refractivity contribution >= 4 is 28.8 Å². The third-order valence-electron chi connectivity index (χ3n) is 9.31. The van der Waals surface area contributed by atoms with E-state index in [4.69, 9.17) is 5.10 Å². The summed E-state index contributed by atoms with van der Waals surface area (Å²) in [4.78, 5) is 24.2. The van der Waals surface area contributed by atoms with Crippen LogP contribution in [0.5, 0.6) is 0 Å². The van der Waals surface area contributed by atoms with Crippen molar-refractivity contribution in [2.45, 2.75) is 103 Å². The van der Waals surface area contributed by atoms with Crippen LogP contribution in [0.25, 0.3) is 0 Å². The maximum absolute atomic E-state index is 14.7. The van der Waals surface area contributed by atoms with Crippen LogP contribution in [0.2, 0.25) is 0 Å². The number of aryl methyl sites for hydroxylation is 1. The summed E-state index contributed by atoms with van der Waals surface area (Å²) in [5.74, 6) is 1.37. The summed E-state index contributed by atoms with van der Waals surface area (Å²) in [6.07, 6.45) is 20.0. The van der Waals surface area contributed by atoms with Crippen LogP contribution in [0.15, 0.2) is 60.0 Å². The van der Waals surface area contributed by atoms with Gasteiger partial charge in [-0.2, -0.15) is 5.10 Å². The zero-order valence-electron chi connectivity index (χ0n) is 25.2. The summed E-state index contributed by atoms with van der Waals surface area (Å²) < 4.78 is 0. The lowest BCUT2D eigenvalue weighted by atomic mass is 9.82. The van der Waals surface area contributed by atoms with E-state index in [9.17, 15) is 4.79 Å². The molecule has 0 radical (unpaired) electrons. The monoisotopic (exact) mass is 566 g/mol. The number of anilines is 3. The number of imidazole rings is 1. The molecule has 0 unspecified atom stereocenters. The maximum atomic E-state index is 14.7. The van der Waals surface area contributed by atoms with E-state index in [1.54, 1.807) is 6.20 Å². The Bertz CT molecular complexity index is 1330. The number of nitrogens with zero attached hydrogens (tertiary/aromatic N) is 4. The first-order valence-corrected chi connectivity index (χ1v) is 16.3. The van der Waals surface area contributed by atoms with Gasteiger partial charge in [0, 0.05) is 42.5 Å². The van der Waals surface area contributed by atoms with E-state index in [1.807, 2.05) is 16.1 Å². The van der Waals surface area contributed by atoms with Crippen molar-refractivity contribution in [2.24, 2.45) is 11.0 Å². The van der Waals surface area contributed by atoms with Crippen LogP contribution >= 0.6 is 0 Å². The van der Waals surface area contributed by atoms with Gasteiger partial charge in [0.15, 0.2) is 0 Å². The largest absolute Gasteiger partial charge is 0.385 e. The SMILES string of the molecule is Cc1ccc2c(c1)N(c1ccc(NCCc3ncc[nH]3)cc1)C(=O)N(C1CCCCCCCC1)N=C2C1CCCCC1. The molecule has 3 aromatic rings. The number of rotatable bonds is 7. The summed E-state index contributed by atoms with van der Waals surface area (Å²) in [5, 5.41) is 10.8. The predicted octanol–water partition coefficient (Wildman–Crippen LogP) is 8.73. The molecule has 2 N–H and O–H groups in total. The van der Waals surface area contributed by atoms with Crippen molar-refractivity contribution in [3.63, 3.8) is 0 Å². The number of fused-ring (bicyclic) bond motifs is 1. The van der Waals surface area contributed by atoms with Crippen molar-refractivity contribution in [3.8, 4) is 0 Å². The molecule has 2 aromatic carbocycles. The quantitative estimate of drug-likeness (QED) is 0.300. The Hall–Kier alpha value is -3.61. The number of hydrogen-bond donors (Lipinski definition) is 2. The second kappa shape index (κ2) is 13.6. The van der Waals surface area contributed by atoms with Gasteiger partial charge in [0.05, 0.1) is 23.1 Å². The van der Waals surface area contributed by atoms with Crippen molar-refractivity contribution in [1.82, 2.24) is 15.0 Å². The van der Waals surface area contributed by atoms with Crippen molar-refractivity contribution < 1.29 is 4.79 Å². The molecule has 2 fully saturated rings. The minimum absolute atomic E-state index is 0.0181. The molecule has 2 aliphatic carbocycles. The van der Waals surface area contributed by atoms with Gasteiger partial charge in [-0.1, -0.05) is 69.9 Å². The fourth-order valence-electron chi connectivity index (χ4n) is 6.97. The zero-order valence-corrected chi connectivity index (χ0v) is 25.2. The van der Waals surface area contributed by atoms with Gasteiger partial charge >= 0.3 is 6.03 Å². The number of H-pyrrole nitrogens is 1. The molecule has 2 saturated carbocycles. The van der Waals surface area contributed by atoms with Crippen molar-refractivity contribution in [2.75, 3.05) is 16.8 Å². The van der Waals surface area contributed by atoms with Crippen LogP contribution in [-0.4, -0.2) is 39.3 Å². The highest BCUT2D eigenvalue weighted by Crippen LogP contribution is 2.39. The van der Waals surface area contributed by atoms with Crippen LogP contribution in [-0.2, 0) is 6.42 Å². The first-order chi connectivity index (χ1) is 20.7. The molecule has 2 amide bonds. The highest BCUT2D eigenvalue weighted by Gasteiger charge is 2.37. The maximum Gasteiger partial charge on any atom is 0.349 e. The molecule has 2 heterocycles. The Labute approximate surface area is 250 Å². The third kappa shape index (κ3) is 6.55. The van der Waals surface area contributed by atoms with Gasteiger partial charge in [-0.3, -0.25) is 4.90 Å². The molecule has 1 aromatic heterocycles. The van der Waals surface area contributed by atoms with Gasteiger partial charge in [-0.25, -0.2) is 14.8 Å². The highest BCUT2D eigenvalue weighted by molar-refractivity contribution is 6.14. The van der Waals surface area contributed by atoms with Crippen molar-refractivity contribution in [1.29, 1.82) is 0 Å². The van der Waals surface area contributed by atoms with Gasteiger partial charge in [-0.15, -0.1) is 0 Å². The second-order valence-electron chi connectivity index (χ2n) is 12.4. The molecule has 0 spiro atoms. The second-order valence-corrected chi connectivity index (χ2v) is 12.4. The summed E-state index contributed by atoms with van der Waals surface area (Å²) >= 11 is 0. The van der Waals surface area contributed by atoms with Gasteiger partial charge in [0.1, 0.15) is 5.82 Å². The number of urea groups is 1. The Morgan fingerprint density at radius 3 is 2.29 bits per heavy atom. The summed E-state index contributed by atoms with van der Waals surface area (Å²) in [6.45, 7) is 2.90. The minimum Gasteiger partial charge on any atom is -0.385 e. The number of nitrogens with one attached hydrogen (secondary N) is 2. The van der Waals surface area contributed by atoms with Crippen LogP contribution in [0.3, 0.4) is 0 Å². The smallest absolute Gasteiger partial charge is 0.349 e. The van der Waals surface area contributed by atoms with E-state index in [0.29, 0.717) is 5.92 Å². The molecular weight excluding hydrogens is 520 g/mol. The molecular formula is C35H46N6O. The van der Waals surface area contributed by atoms with E-state index >= 15 is 0 Å². The topological polar surface area (TPSA) is 76.6 Å². The number of amides is 2. The molecule has 3 aliphatic rings. The number of aromatic nitrogens is 2. The average molecular weight is 567 g/mol. The third-order valence-corrected chi connectivity index (χ3v) is 9.31. The lowest BCUT2D eigenvalue weighted by Gasteiger charge is -2.32. The molecule has 1 aliphatic heterocycles. The predicted molar refractivity (Wildman–Crippen MR) is 172 cm³/mol. The molecule has 7 nitrogen and oxygen atoms in total. The first-order valence-electron chi connectivity index (χ1n) is 16.3. The Morgan fingerprint density at radius 1 is 0.881 bits per heavy atom.